The van der Waals surface area contributed by atoms with Crippen LogP contribution in [-0.4, -0.2) is 21.8 Å². The lowest BCUT2D eigenvalue weighted by Gasteiger charge is -2.35. The number of halogens is 3. The Balaban J connectivity index is 1.71. The van der Waals surface area contributed by atoms with E-state index in [9.17, 15) is 32.3 Å². The van der Waals surface area contributed by atoms with Gasteiger partial charge in [0.25, 0.3) is 0 Å². The summed E-state index contributed by atoms with van der Waals surface area (Å²) in [5, 5.41) is -1.33. The first-order valence-electron chi connectivity index (χ1n) is 10.1. The molecule has 0 saturated carbocycles. The van der Waals surface area contributed by atoms with Gasteiger partial charge in [-0.15, -0.1) is 0 Å². The number of benzene rings is 3. The van der Waals surface area contributed by atoms with Gasteiger partial charge in [0.2, 0.25) is 10.2 Å². The normalized spacial score (nSPS) is 20.7. The van der Waals surface area contributed by atoms with Crippen LogP contribution in [0.3, 0.4) is 0 Å². The highest BCUT2D eigenvalue weighted by Gasteiger charge is 2.50. The smallest absolute Gasteiger partial charge is 0.205 e. The second-order valence-electron chi connectivity index (χ2n) is 7.84. The molecule has 2 aliphatic heterocycles. The third-order valence-electron chi connectivity index (χ3n) is 5.91. The molecule has 34 heavy (non-hydrogen) atoms. The number of fused-ring (bicyclic) bond motifs is 2. The maximum Gasteiger partial charge on any atom is 0.205 e. The van der Waals surface area contributed by atoms with E-state index in [4.69, 9.17) is 0 Å². The molecule has 0 bridgehead atoms. The molecule has 0 radical (unpaired) electrons. The summed E-state index contributed by atoms with van der Waals surface area (Å²) in [4.78, 5) is 54.1. The van der Waals surface area contributed by atoms with Crippen LogP contribution in [0.5, 0.6) is 0 Å². The van der Waals surface area contributed by atoms with Crippen LogP contribution in [0.1, 0.15) is 32.2 Å². The molecule has 170 valence electrons. The number of rotatable bonds is 3. The second kappa shape index (κ2) is 8.56. The summed E-state index contributed by atoms with van der Waals surface area (Å²) >= 11 is 1.52. The number of ketones is 2. The van der Waals surface area contributed by atoms with Crippen molar-refractivity contribution in [2.75, 3.05) is 0 Å². The van der Waals surface area contributed by atoms with E-state index in [1.54, 1.807) is 36.4 Å². The quantitative estimate of drug-likeness (QED) is 0.353. The van der Waals surface area contributed by atoms with E-state index in [0.717, 1.165) is 23.5 Å². The van der Waals surface area contributed by atoms with Crippen LogP contribution in [0, 0.1) is 29.3 Å². The highest BCUT2D eigenvalue weighted by molar-refractivity contribution is 8.14. The molecular formula is C25H13F3O4S2. The fourth-order valence-electron chi connectivity index (χ4n) is 4.38. The van der Waals surface area contributed by atoms with Gasteiger partial charge < -0.3 is 0 Å². The van der Waals surface area contributed by atoms with Crippen LogP contribution in [0.4, 0.5) is 13.2 Å². The van der Waals surface area contributed by atoms with Gasteiger partial charge in [0.1, 0.15) is 0 Å². The Morgan fingerprint density at radius 1 is 0.647 bits per heavy atom. The van der Waals surface area contributed by atoms with Crippen LogP contribution >= 0.6 is 23.5 Å². The van der Waals surface area contributed by atoms with Crippen LogP contribution in [0.2, 0.25) is 0 Å². The average molecular weight is 499 g/mol. The van der Waals surface area contributed by atoms with Gasteiger partial charge in [0.15, 0.2) is 29.0 Å². The van der Waals surface area contributed by atoms with Crippen molar-refractivity contribution in [1.29, 1.82) is 0 Å². The zero-order valence-electron chi connectivity index (χ0n) is 17.1. The topological polar surface area (TPSA) is 68.3 Å². The Bertz CT molecular complexity index is 1300. The van der Waals surface area contributed by atoms with Gasteiger partial charge in [-0.25, -0.2) is 13.2 Å². The monoisotopic (exact) mass is 498 g/mol. The van der Waals surface area contributed by atoms with Crippen LogP contribution < -0.4 is 0 Å². The molecule has 2 atom stereocenters. The number of carbonyl (C=O) groups is 4. The predicted molar refractivity (Wildman–Crippen MR) is 119 cm³/mol. The molecule has 2 aliphatic rings. The van der Waals surface area contributed by atoms with E-state index < -0.39 is 57.0 Å². The van der Waals surface area contributed by atoms with Crippen molar-refractivity contribution in [1.82, 2.24) is 0 Å². The molecule has 0 amide bonds. The molecule has 2 unspecified atom stereocenters. The van der Waals surface area contributed by atoms with Crippen molar-refractivity contribution in [3.63, 3.8) is 0 Å². The number of hydrogen-bond acceptors (Lipinski definition) is 6. The van der Waals surface area contributed by atoms with Gasteiger partial charge in [0, 0.05) is 26.8 Å². The lowest BCUT2D eigenvalue weighted by atomic mass is 9.72. The molecule has 0 N–H and O–H groups in total. The molecule has 0 aromatic heterocycles. The Labute approximate surface area is 199 Å². The van der Waals surface area contributed by atoms with Crippen molar-refractivity contribution in [3.05, 3.63) is 94.8 Å². The number of thioether (sulfide) groups is 2. The van der Waals surface area contributed by atoms with E-state index in [-0.39, 0.29) is 16.7 Å². The van der Waals surface area contributed by atoms with E-state index >= 15 is 0 Å². The van der Waals surface area contributed by atoms with Gasteiger partial charge in [-0.3, -0.25) is 19.2 Å². The first kappa shape index (κ1) is 22.6. The van der Waals surface area contributed by atoms with E-state index in [1.165, 1.54) is 12.1 Å². The van der Waals surface area contributed by atoms with Gasteiger partial charge in [-0.1, -0.05) is 59.9 Å². The van der Waals surface area contributed by atoms with Gasteiger partial charge in [0.05, 0.1) is 11.8 Å². The largest absolute Gasteiger partial charge is 0.293 e. The van der Waals surface area contributed by atoms with Crippen molar-refractivity contribution < 1.29 is 32.3 Å². The van der Waals surface area contributed by atoms with Gasteiger partial charge in [-0.2, -0.15) is 0 Å². The summed E-state index contributed by atoms with van der Waals surface area (Å²) < 4.78 is 42.2. The molecular weight excluding hydrogens is 485 g/mol. The van der Waals surface area contributed by atoms with Gasteiger partial charge in [-0.05, 0) is 29.8 Å². The van der Waals surface area contributed by atoms with Crippen molar-refractivity contribution in [3.8, 4) is 0 Å². The minimum Gasteiger partial charge on any atom is -0.293 e. The summed E-state index contributed by atoms with van der Waals surface area (Å²) in [6.07, 6.45) is 0. The summed E-state index contributed by atoms with van der Waals surface area (Å²) in [7, 11) is 0. The Morgan fingerprint density at radius 3 is 1.50 bits per heavy atom. The highest BCUT2D eigenvalue weighted by atomic mass is 32.2. The molecule has 4 nitrogen and oxygen atoms in total. The summed E-state index contributed by atoms with van der Waals surface area (Å²) in [5.41, 5.74) is 0.0950. The Morgan fingerprint density at radius 2 is 1.06 bits per heavy atom. The molecule has 2 heterocycles. The lowest BCUT2D eigenvalue weighted by molar-refractivity contribution is -0.116. The third-order valence-corrected chi connectivity index (χ3v) is 7.97. The molecule has 0 saturated heterocycles. The number of Topliss-reactive ketones (excluding diaryl/α,β-unsaturated/α-hetero) is 2. The number of hydrogen-bond donors (Lipinski definition) is 0. The highest BCUT2D eigenvalue weighted by Crippen LogP contribution is 2.48. The molecule has 0 spiro atoms. The first-order chi connectivity index (χ1) is 16.3. The standard InChI is InChI=1S/C25H13F3O4S2/c26-14-9-11(10-15(27)21(14)28)18(19-22(29)12-5-1-3-7-16(12)33-24(19)31)20-23(30)13-6-2-4-8-17(13)34-25(20)32/h1-10,18-20H. The molecule has 0 aliphatic carbocycles. The van der Waals surface area contributed by atoms with Crippen LogP contribution in [-0.2, 0) is 9.59 Å². The lowest BCUT2D eigenvalue weighted by Crippen LogP contribution is -2.42. The molecule has 3 aromatic carbocycles. The summed E-state index contributed by atoms with van der Waals surface area (Å²) in [6.45, 7) is 0. The Kier molecular flexibility index (Phi) is 5.69. The molecule has 5 rings (SSSR count). The number of carbonyl (C=O) groups excluding carboxylic acids is 4. The van der Waals surface area contributed by atoms with E-state index in [1.807, 2.05) is 0 Å². The SMILES string of the molecule is O=C1Sc2ccccc2C(=O)C1C(c1cc(F)c(F)c(F)c1)C1C(=O)Sc2ccccc2C1=O. The van der Waals surface area contributed by atoms with Crippen LogP contribution in [0.15, 0.2) is 70.5 Å². The Hall–Kier alpha value is -3.17. The van der Waals surface area contributed by atoms with Crippen LogP contribution in [0.25, 0.3) is 0 Å². The zero-order chi connectivity index (χ0) is 24.1. The summed E-state index contributed by atoms with van der Waals surface area (Å²) in [5.74, 6) is -10.8. The summed E-state index contributed by atoms with van der Waals surface area (Å²) in [6, 6.07) is 13.9. The molecule has 0 fully saturated rings. The van der Waals surface area contributed by atoms with Crippen molar-refractivity contribution >= 4 is 45.3 Å². The fraction of sp³-hybridized carbons (Fsp3) is 0.120. The van der Waals surface area contributed by atoms with E-state index in [0.29, 0.717) is 21.9 Å². The van der Waals surface area contributed by atoms with Crippen molar-refractivity contribution in [2.45, 2.75) is 15.7 Å². The fourth-order valence-corrected chi connectivity index (χ4v) is 6.42. The average Bonchev–Trinajstić information content (AvgIpc) is 2.81. The second-order valence-corrected chi connectivity index (χ2v) is 9.94. The molecule has 3 aromatic rings. The molecule has 9 heteroatoms. The zero-order valence-corrected chi connectivity index (χ0v) is 18.7. The minimum atomic E-state index is -1.73. The predicted octanol–water partition coefficient (Wildman–Crippen LogP) is 5.45. The maximum atomic E-state index is 14.2. The van der Waals surface area contributed by atoms with Gasteiger partial charge >= 0.3 is 0 Å². The van der Waals surface area contributed by atoms with Crippen molar-refractivity contribution in [2.24, 2.45) is 11.8 Å². The minimum absolute atomic E-state index is 0.203. The third kappa shape index (κ3) is 3.59. The van der Waals surface area contributed by atoms with E-state index in [2.05, 4.69) is 0 Å². The maximum absolute atomic E-state index is 14.2. The first-order valence-corrected chi connectivity index (χ1v) is 11.8.